The number of nitrogens with zero attached hydrogens (tertiary/aromatic N) is 4. The average Bonchev–Trinajstić information content (AvgIpc) is 2.60. The van der Waals surface area contributed by atoms with Gasteiger partial charge in [0.1, 0.15) is 0 Å². The number of pyridine rings is 1. The van der Waals surface area contributed by atoms with Crippen molar-refractivity contribution in [1.29, 1.82) is 0 Å². The first-order valence-corrected chi connectivity index (χ1v) is 7.91. The molecule has 6 nitrogen and oxygen atoms in total. The summed E-state index contributed by atoms with van der Waals surface area (Å²) < 4.78 is 0. The van der Waals surface area contributed by atoms with Crippen molar-refractivity contribution in [3.63, 3.8) is 0 Å². The third kappa shape index (κ3) is 3.91. The molecule has 3 aromatic rings. The van der Waals surface area contributed by atoms with Crippen LogP contribution in [0.15, 0.2) is 42.7 Å². The Morgan fingerprint density at radius 1 is 1.09 bits per heavy atom. The Kier molecular flexibility index (Phi) is 4.93. The summed E-state index contributed by atoms with van der Waals surface area (Å²) >= 11 is 0. The van der Waals surface area contributed by atoms with E-state index in [1.807, 2.05) is 30.3 Å². The van der Waals surface area contributed by atoms with Gasteiger partial charge in [0.05, 0.1) is 17.4 Å². The third-order valence-corrected chi connectivity index (χ3v) is 3.52. The lowest BCUT2D eigenvalue weighted by molar-refractivity contribution is 0.738. The van der Waals surface area contributed by atoms with Crippen molar-refractivity contribution >= 4 is 28.4 Å². The lowest BCUT2D eigenvalue weighted by Gasteiger charge is -2.09. The van der Waals surface area contributed by atoms with Gasteiger partial charge in [-0.1, -0.05) is 38.0 Å². The van der Waals surface area contributed by atoms with Crippen LogP contribution in [0.25, 0.3) is 10.9 Å². The molecule has 3 rings (SSSR count). The van der Waals surface area contributed by atoms with E-state index in [2.05, 4.69) is 37.7 Å². The standard InChI is InChI=1S/C17H20N6/c1-2-3-4-10-19-17-22-15(12-20-23-17)21-14-9-5-7-13-8-6-11-18-16(13)14/h5-9,11-12H,2-4,10H2,1H3,(H2,19,21,22,23). The van der Waals surface area contributed by atoms with E-state index in [0.29, 0.717) is 11.8 Å². The van der Waals surface area contributed by atoms with Gasteiger partial charge in [-0.25, -0.2) is 0 Å². The van der Waals surface area contributed by atoms with Gasteiger partial charge in [0, 0.05) is 18.1 Å². The Balaban J connectivity index is 1.74. The molecule has 0 aliphatic rings. The van der Waals surface area contributed by atoms with Crippen molar-refractivity contribution in [1.82, 2.24) is 20.2 Å². The quantitative estimate of drug-likeness (QED) is 0.647. The van der Waals surface area contributed by atoms with Crippen LogP contribution in [0.2, 0.25) is 0 Å². The average molecular weight is 308 g/mol. The van der Waals surface area contributed by atoms with Crippen molar-refractivity contribution < 1.29 is 0 Å². The first-order chi connectivity index (χ1) is 11.4. The van der Waals surface area contributed by atoms with Crippen molar-refractivity contribution in [3.05, 3.63) is 42.7 Å². The summed E-state index contributed by atoms with van der Waals surface area (Å²) in [4.78, 5) is 8.88. The van der Waals surface area contributed by atoms with Crippen molar-refractivity contribution in [2.24, 2.45) is 0 Å². The maximum atomic E-state index is 4.45. The zero-order chi connectivity index (χ0) is 15.9. The molecule has 2 N–H and O–H groups in total. The molecule has 0 saturated heterocycles. The normalized spacial score (nSPS) is 10.7. The number of aromatic nitrogens is 4. The monoisotopic (exact) mass is 308 g/mol. The first-order valence-electron chi connectivity index (χ1n) is 7.91. The molecule has 0 amide bonds. The van der Waals surface area contributed by atoms with Crippen molar-refractivity contribution in [2.75, 3.05) is 17.2 Å². The van der Waals surface area contributed by atoms with Gasteiger partial charge in [0.25, 0.3) is 0 Å². The van der Waals surface area contributed by atoms with Gasteiger partial charge in [-0.15, -0.1) is 5.10 Å². The molecular formula is C17H20N6. The fraction of sp³-hybridized carbons (Fsp3) is 0.294. The lowest BCUT2D eigenvalue weighted by atomic mass is 10.2. The third-order valence-electron chi connectivity index (χ3n) is 3.52. The maximum Gasteiger partial charge on any atom is 0.244 e. The highest BCUT2D eigenvalue weighted by Crippen LogP contribution is 2.23. The zero-order valence-corrected chi connectivity index (χ0v) is 13.2. The molecule has 0 unspecified atom stereocenters. The molecule has 0 radical (unpaired) electrons. The number of nitrogens with one attached hydrogen (secondary N) is 2. The SMILES string of the molecule is CCCCCNc1nncc(Nc2cccc3cccnc23)n1. The van der Waals surface area contributed by atoms with Crippen molar-refractivity contribution in [3.8, 4) is 0 Å². The highest BCUT2D eigenvalue weighted by Gasteiger charge is 2.04. The summed E-state index contributed by atoms with van der Waals surface area (Å²) in [6.45, 7) is 3.04. The number of benzene rings is 1. The van der Waals surface area contributed by atoms with Crippen LogP contribution in [0.1, 0.15) is 26.2 Å². The molecule has 1 aromatic carbocycles. The van der Waals surface area contributed by atoms with Gasteiger partial charge in [-0.3, -0.25) is 4.98 Å². The van der Waals surface area contributed by atoms with Gasteiger partial charge in [-0.05, 0) is 18.6 Å². The second-order valence-electron chi connectivity index (χ2n) is 5.30. The smallest absolute Gasteiger partial charge is 0.244 e. The van der Waals surface area contributed by atoms with Crippen molar-refractivity contribution in [2.45, 2.75) is 26.2 Å². The molecule has 0 atom stereocenters. The Morgan fingerprint density at radius 3 is 2.91 bits per heavy atom. The molecule has 0 aliphatic heterocycles. The number of fused-ring (bicyclic) bond motifs is 1. The number of hydrogen-bond donors (Lipinski definition) is 2. The first kappa shape index (κ1) is 15.1. The van der Waals surface area contributed by atoms with Crippen LogP contribution in [0, 0.1) is 0 Å². The van der Waals surface area contributed by atoms with Crippen LogP contribution in [0.3, 0.4) is 0 Å². The second-order valence-corrected chi connectivity index (χ2v) is 5.30. The summed E-state index contributed by atoms with van der Waals surface area (Å²) in [7, 11) is 0. The summed E-state index contributed by atoms with van der Waals surface area (Å²) in [5.74, 6) is 1.19. The Bertz CT molecular complexity index is 768. The Morgan fingerprint density at radius 2 is 2.00 bits per heavy atom. The molecule has 23 heavy (non-hydrogen) atoms. The summed E-state index contributed by atoms with van der Waals surface area (Å²) in [5.41, 5.74) is 1.81. The van der Waals surface area contributed by atoms with E-state index < -0.39 is 0 Å². The van der Waals surface area contributed by atoms with Crippen LogP contribution in [-0.4, -0.2) is 26.7 Å². The Hall–Kier alpha value is -2.76. The molecule has 0 fully saturated rings. The van der Waals surface area contributed by atoms with Crippen LogP contribution in [0.4, 0.5) is 17.5 Å². The van der Waals surface area contributed by atoms with Gasteiger partial charge in [0.15, 0.2) is 5.82 Å². The van der Waals surface area contributed by atoms with E-state index in [1.54, 1.807) is 12.4 Å². The van der Waals surface area contributed by atoms with E-state index in [0.717, 1.165) is 29.6 Å². The second kappa shape index (κ2) is 7.49. The summed E-state index contributed by atoms with van der Waals surface area (Å²) in [6.07, 6.45) is 6.88. The molecule has 0 bridgehead atoms. The fourth-order valence-electron chi connectivity index (χ4n) is 2.36. The Labute approximate surface area is 135 Å². The largest absolute Gasteiger partial charge is 0.353 e. The van der Waals surface area contributed by atoms with Crippen LogP contribution >= 0.6 is 0 Å². The molecule has 0 saturated carbocycles. The molecule has 2 heterocycles. The lowest BCUT2D eigenvalue weighted by Crippen LogP contribution is -2.07. The number of rotatable bonds is 7. The minimum Gasteiger partial charge on any atom is -0.353 e. The number of para-hydroxylation sites is 1. The van der Waals surface area contributed by atoms with E-state index >= 15 is 0 Å². The van der Waals surface area contributed by atoms with E-state index in [1.165, 1.54) is 12.8 Å². The molecule has 118 valence electrons. The topological polar surface area (TPSA) is 75.6 Å². The molecule has 0 aliphatic carbocycles. The molecule has 0 spiro atoms. The van der Waals surface area contributed by atoms with E-state index in [9.17, 15) is 0 Å². The zero-order valence-electron chi connectivity index (χ0n) is 13.2. The molecular weight excluding hydrogens is 288 g/mol. The minimum absolute atomic E-state index is 0.541. The number of unbranched alkanes of at least 4 members (excludes halogenated alkanes) is 2. The maximum absolute atomic E-state index is 4.45. The van der Waals surface area contributed by atoms with Gasteiger partial charge in [-0.2, -0.15) is 10.1 Å². The van der Waals surface area contributed by atoms with Crippen LogP contribution < -0.4 is 10.6 Å². The van der Waals surface area contributed by atoms with Gasteiger partial charge >= 0.3 is 0 Å². The van der Waals surface area contributed by atoms with Gasteiger partial charge < -0.3 is 10.6 Å². The predicted molar refractivity (Wildman–Crippen MR) is 92.9 cm³/mol. The van der Waals surface area contributed by atoms with Gasteiger partial charge in [0.2, 0.25) is 5.95 Å². The fourth-order valence-corrected chi connectivity index (χ4v) is 2.36. The van der Waals surface area contributed by atoms with E-state index in [4.69, 9.17) is 0 Å². The highest BCUT2D eigenvalue weighted by molar-refractivity contribution is 5.91. The number of hydrogen-bond acceptors (Lipinski definition) is 6. The van der Waals surface area contributed by atoms with Crippen LogP contribution in [-0.2, 0) is 0 Å². The minimum atomic E-state index is 0.541. The number of anilines is 3. The summed E-state index contributed by atoms with van der Waals surface area (Å²) in [5, 5.41) is 15.6. The highest BCUT2D eigenvalue weighted by atomic mass is 15.3. The predicted octanol–water partition coefficient (Wildman–Crippen LogP) is 3.77. The van der Waals surface area contributed by atoms with Crippen LogP contribution in [0.5, 0.6) is 0 Å². The molecule has 6 heteroatoms. The summed E-state index contributed by atoms with van der Waals surface area (Å²) in [6, 6.07) is 9.96. The molecule has 2 aromatic heterocycles. The van der Waals surface area contributed by atoms with E-state index in [-0.39, 0.29) is 0 Å².